The summed E-state index contributed by atoms with van der Waals surface area (Å²) in [6.45, 7) is 6.61. The van der Waals surface area contributed by atoms with Gasteiger partial charge in [-0.25, -0.2) is 0 Å². The first-order valence-electron chi connectivity index (χ1n) is 9.87. The number of ether oxygens (including phenoxy) is 2. The number of rotatable bonds is 6. The molecule has 2 heterocycles. The van der Waals surface area contributed by atoms with Gasteiger partial charge >= 0.3 is 0 Å². The van der Waals surface area contributed by atoms with Gasteiger partial charge in [0, 0.05) is 58.4 Å². The summed E-state index contributed by atoms with van der Waals surface area (Å²) in [6.07, 6.45) is 8.81. The van der Waals surface area contributed by atoms with E-state index in [0.29, 0.717) is 17.2 Å². The van der Waals surface area contributed by atoms with Crippen molar-refractivity contribution in [3.05, 3.63) is 11.6 Å². The standard InChI is InChI=1S/C20H34N2O3/c1-24-13-12-21-14-18(15-25-2)20(16-21)8-10-22(11-9-20)19(23)17-6-4-3-5-7-17/h6,18H,3-5,7-16H2,1-2H3. The fourth-order valence-corrected chi connectivity index (χ4v) is 4.92. The highest BCUT2D eigenvalue weighted by molar-refractivity contribution is 5.93. The largest absolute Gasteiger partial charge is 0.384 e. The third-order valence-corrected chi connectivity index (χ3v) is 6.47. The Labute approximate surface area is 152 Å². The van der Waals surface area contributed by atoms with Crippen LogP contribution >= 0.6 is 0 Å². The molecule has 0 saturated carbocycles. The number of carbonyl (C=O) groups is 1. The Hall–Kier alpha value is -0.910. The third kappa shape index (κ3) is 4.26. The number of allylic oxidation sites excluding steroid dienone is 1. The Morgan fingerprint density at radius 1 is 1.24 bits per heavy atom. The maximum atomic E-state index is 12.8. The number of nitrogens with zero attached hydrogens (tertiary/aromatic N) is 2. The van der Waals surface area contributed by atoms with Gasteiger partial charge in [-0.3, -0.25) is 4.79 Å². The fourth-order valence-electron chi connectivity index (χ4n) is 4.92. The normalized spacial score (nSPS) is 26.9. The van der Waals surface area contributed by atoms with Gasteiger partial charge in [-0.15, -0.1) is 0 Å². The fraction of sp³-hybridized carbons (Fsp3) is 0.850. The zero-order valence-electron chi connectivity index (χ0n) is 16.0. The van der Waals surface area contributed by atoms with E-state index in [2.05, 4.69) is 15.9 Å². The second kappa shape index (κ2) is 8.65. The van der Waals surface area contributed by atoms with Crippen LogP contribution in [0.4, 0.5) is 0 Å². The molecule has 5 nitrogen and oxygen atoms in total. The quantitative estimate of drug-likeness (QED) is 0.737. The summed E-state index contributed by atoms with van der Waals surface area (Å²) in [4.78, 5) is 17.4. The second-order valence-electron chi connectivity index (χ2n) is 8.01. The van der Waals surface area contributed by atoms with Crippen LogP contribution in [0.1, 0.15) is 38.5 Å². The summed E-state index contributed by atoms with van der Waals surface area (Å²) < 4.78 is 10.8. The molecule has 3 rings (SSSR count). The van der Waals surface area contributed by atoms with Gasteiger partial charge in [0.25, 0.3) is 0 Å². The smallest absolute Gasteiger partial charge is 0.249 e. The SMILES string of the molecule is COCCN1CC(COC)C2(CCN(C(=O)C3=CCCCC3)CC2)C1. The monoisotopic (exact) mass is 350 g/mol. The van der Waals surface area contributed by atoms with Gasteiger partial charge in [0.1, 0.15) is 0 Å². The molecule has 3 aliphatic rings. The van der Waals surface area contributed by atoms with Crippen LogP contribution in [-0.4, -0.2) is 75.9 Å². The topological polar surface area (TPSA) is 42.0 Å². The molecule has 0 aromatic carbocycles. The van der Waals surface area contributed by atoms with Crippen LogP contribution in [0.15, 0.2) is 11.6 Å². The molecule has 1 atom stereocenters. The van der Waals surface area contributed by atoms with Crippen LogP contribution in [0, 0.1) is 11.3 Å². The van der Waals surface area contributed by atoms with Crippen molar-refractivity contribution in [3.63, 3.8) is 0 Å². The van der Waals surface area contributed by atoms with Crippen LogP contribution in [0.3, 0.4) is 0 Å². The highest BCUT2D eigenvalue weighted by atomic mass is 16.5. The van der Waals surface area contributed by atoms with Gasteiger partial charge in [-0.05, 0) is 43.9 Å². The number of hydrogen-bond acceptors (Lipinski definition) is 4. The summed E-state index contributed by atoms with van der Waals surface area (Å²) in [5.41, 5.74) is 1.37. The zero-order valence-corrected chi connectivity index (χ0v) is 16.0. The molecule has 2 aliphatic heterocycles. The van der Waals surface area contributed by atoms with Gasteiger partial charge in [-0.1, -0.05) is 6.08 Å². The highest BCUT2D eigenvalue weighted by Gasteiger charge is 2.48. The molecule has 0 radical (unpaired) electrons. The zero-order chi connectivity index (χ0) is 17.7. The lowest BCUT2D eigenvalue weighted by atomic mass is 9.71. The lowest BCUT2D eigenvalue weighted by Gasteiger charge is -2.43. The Kier molecular flexibility index (Phi) is 6.53. The molecule has 0 aromatic rings. The van der Waals surface area contributed by atoms with Crippen LogP contribution in [0.25, 0.3) is 0 Å². The maximum Gasteiger partial charge on any atom is 0.249 e. The Balaban J connectivity index is 1.60. The molecule has 1 amide bonds. The molecule has 0 N–H and O–H groups in total. The number of methoxy groups -OCH3 is 2. The van der Waals surface area contributed by atoms with Crippen molar-refractivity contribution in [2.45, 2.75) is 38.5 Å². The Morgan fingerprint density at radius 2 is 2.04 bits per heavy atom. The molecule has 1 spiro atoms. The van der Waals surface area contributed by atoms with Crippen molar-refractivity contribution in [1.29, 1.82) is 0 Å². The summed E-state index contributed by atoms with van der Waals surface area (Å²) in [7, 11) is 3.57. The molecule has 142 valence electrons. The van der Waals surface area contributed by atoms with E-state index in [1.165, 1.54) is 12.8 Å². The molecule has 1 aliphatic carbocycles. The molecular weight excluding hydrogens is 316 g/mol. The number of hydrogen-bond donors (Lipinski definition) is 0. The predicted molar refractivity (Wildman–Crippen MR) is 98.5 cm³/mol. The number of piperidine rings is 1. The molecule has 2 saturated heterocycles. The third-order valence-electron chi connectivity index (χ3n) is 6.47. The number of amides is 1. The molecule has 0 bridgehead atoms. The molecule has 5 heteroatoms. The lowest BCUT2D eigenvalue weighted by Crippen LogP contribution is -2.47. The van der Waals surface area contributed by atoms with E-state index in [1.54, 1.807) is 14.2 Å². The molecular formula is C20H34N2O3. The van der Waals surface area contributed by atoms with Gasteiger partial charge in [0.2, 0.25) is 5.91 Å². The Bertz CT molecular complexity index is 483. The second-order valence-corrected chi connectivity index (χ2v) is 8.01. The van der Waals surface area contributed by atoms with Crippen LogP contribution in [0.5, 0.6) is 0 Å². The van der Waals surface area contributed by atoms with E-state index in [0.717, 1.165) is 77.2 Å². The first-order chi connectivity index (χ1) is 12.2. The first kappa shape index (κ1) is 18.9. The van der Waals surface area contributed by atoms with E-state index in [-0.39, 0.29) is 0 Å². The van der Waals surface area contributed by atoms with Crippen LogP contribution in [0.2, 0.25) is 0 Å². The molecule has 0 aromatic heterocycles. The van der Waals surface area contributed by atoms with Crippen molar-refractivity contribution in [1.82, 2.24) is 9.80 Å². The molecule has 2 fully saturated rings. The molecule has 1 unspecified atom stereocenters. The van der Waals surface area contributed by atoms with E-state index in [1.807, 2.05) is 0 Å². The van der Waals surface area contributed by atoms with Crippen molar-refractivity contribution in [3.8, 4) is 0 Å². The van der Waals surface area contributed by atoms with Crippen molar-refractivity contribution >= 4 is 5.91 Å². The summed E-state index contributed by atoms with van der Waals surface area (Å²) in [5.74, 6) is 0.868. The number of likely N-dealkylation sites (tertiary alicyclic amines) is 2. The van der Waals surface area contributed by atoms with Crippen molar-refractivity contribution in [2.75, 3.05) is 60.2 Å². The average molecular weight is 351 g/mol. The Morgan fingerprint density at radius 3 is 2.68 bits per heavy atom. The van der Waals surface area contributed by atoms with Gasteiger partial charge in [0.05, 0.1) is 13.2 Å². The van der Waals surface area contributed by atoms with E-state index in [9.17, 15) is 4.79 Å². The van der Waals surface area contributed by atoms with Crippen molar-refractivity contribution < 1.29 is 14.3 Å². The van der Waals surface area contributed by atoms with E-state index < -0.39 is 0 Å². The summed E-state index contributed by atoms with van der Waals surface area (Å²) >= 11 is 0. The average Bonchev–Trinajstić information content (AvgIpc) is 2.98. The van der Waals surface area contributed by atoms with Gasteiger partial charge < -0.3 is 19.3 Å². The summed E-state index contributed by atoms with van der Waals surface area (Å²) in [5, 5.41) is 0. The molecule has 25 heavy (non-hydrogen) atoms. The minimum atomic E-state index is 0.298. The van der Waals surface area contributed by atoms with Crippen LogP contribution < -0.4 is 0 Å². The van der Waals surface area contributed by atoms with Crippen molar-refractivity contribution in [2.24, 2.45) is 11.3 Å². The number of carbonyl (C=O) groups excluding carboxylic acids is 1. The predicted octanol–water partition coefficient (Wildman–Crippen LogP) is 2.32. The van der Waals surface area contributed by atoms with Gasteiger partial charge in [-0.2, -0.15) is 0 Å². The minimum absolute atomic E-state index is 0.298. The lowest BCUT2D eigenvalue weighted by molar-refractivity contribution is -0.130. The van der Waals surface area contributed by atoms with E-state index in [4.69, 9.17) is 9.47 Å². The highest BCUT2D eigenvalue weighted by Crippen LogP contribution is 2.45. The van der Waals surface area contributed by atoms with E-state index >= 15 is 0 Å². The summed E-state index contributed by atoms with van der Waals surface area (Å²) in [6, 6.07) is 0. The van der Waals surface area contributed by atoms with Gasteiger partial charge in [0.15, 0.2) is 0 Å². The first-order valence-corrected chi connectivity index (χ1v) is 9.87. The minimum Gasteiger partial charge on any atom is -0.384 e. The van der Waals surface area contributed by atoms with Crippen LogP contribution in [-0.2, 0) is 14.3 Å². The maximum absolute atomic E-state index is 12.8.